The standard InChI is InChI=1S/C17H24O4/c1-16(2)9-6-10-17(3)12(16)8-7-11(14(18)20-4)13(17)15(19)21-5/h8H,6-7,9-10H2,1-5H3. The highest BCUT2D eigenvalue weighted by molar-refractivity contribution is 6.02. The van der Waals surface area contributed by atoms with Crippen molar-refractivity contribution in [1.82, 2.24) is 0 Å². The first-order valence-corrected chi connectivity index (χ1v) is 7.39. The molecular weight excluding hydrogens is 268 g/mol. The summed E-state index contributed by atoms with van der Waals surface area (Å²) in [5.41, 5.74) is 1.77. The minimum atomic E-state index is -0.435. The fraction of sp³-hybridized carbons (Fsp3) is 0.647. The van der Waals surface area contributed by atoms with Crippen LogP contribution in [0.4, 0.5) is 0 Å². The lowest BCUT2D eigenvalue weighted by atomic mass is 9.55. The van der Waals surface area contributed by atoms with Crippen LogP contribution in [0.3, 0.4) is 0 Å². The first-order chi connectivity index (χ1) is 9.78. The summed E-state index contributed by atoms with van der Waals surface area (Å²) in [5.74, 6) is -0.850. The average Bonchev–Trinajstić information content (AvgIpc) is 2.43. The first kappa shape index (κ1) is 15.8. The quantitative estimate of drug-likeness (QED) is 0.579. The second kappa shape index (κ2) is 5.32. The first-order valence-electron chi connectivity index (χ1n) is 7.39. The molecule has 1 fully saturated rings. The van der Waals surface area contributed by atoms with Gasteiger partial charge in [0, 0.05) is 5.41 Å². The van der Waals surface area contributed by atoms with Crippen LogP contribution in [0.15, 0.2) is 22.8 Å². The summed E-state index contributed by atoms with van der Waals surface area (Å²) in [7, 11) is 2.70. The van der Waals surface area contributed by atoms with Crippen molar-refractivity contribution in [2.24, 2.45) is 10.8 Å². The average molecular weight is 292 g/mol. The Morgan fingerprint density at radius 2 is 1.67 bits per heavy atom. The van der Waals surface area contributed by atoms with Crippen molar-refractivity contribution in [2.75, 3.05) is 14.2 Å². The van der Waals surface area contributed by atoms with E-state index in [4.69, 9.17) is 9.47 Å². The van der Waals surface area contributed by atoms with Crippen molar-refractivity contribution >= 4 is 11.9 Å². The maximum atomic E-state index is 12.4. The Kier molecular flexibility index (Phi) is 4.00. The second-order valence-electron chi connectivity index (χ2n) is 6.73. The number of methoxy groups -OCH3 is 2. The van der Waals surface area contributed by atoms with Gasteiger partial charge in [-0.3, -0.25) is 0 Å². The molecule has 1 saturated carbocycles. The van der Waals surface area contributed by atoms with Crippen LogP contribution in [0.25, 0.3) is 0 Å². The van der Waals surface area contributed by atoms with Crippen molar-refractivity contribution in [1.29, 1.82) is 0 Å². The molecule has 2 aliphatic rings. The molecule has 0 saturated heterocycles. The van der Waals surface area contributed by atoms with E-state index in [9.17, 15) is 9.59 Å². The van der Waals surface area contributed by atoms with E-state index in [2.05, 4.69) is 19.9 Å². The number of allylic oxidation sites excluding steroid dienone is 2. The number of fused-ring (bicyclic) bond motifs is 1. The number of hydrogen-bond acceptors (Lipinski definition) is 4. The number of rotatable bonds is 2. The molecule has 1 unspecified atom stereocenters. The SMILES string of the molecule is COC(=O)C1=C(C(=O)OC)C2(C)CCCC(C)(C)C2=CC1. The smallest absolute Gasteiger partial charge is 0.335 e. The second-order valence-corrected chi connectivity index (χ2v) is 6.73. The van der Waals surface area contributed by atoms with Gasteiger partial charge in [0.15, 0.2) is 0 Å². The van der Waals surface area contributed by atoms with Gasteiger partial charge in [0.05, 0.1) is 25.4 Å². The third-order valence-electron chi connectivity index (χ3n) is 4.99. The molecule has 116 valence electrons. The number of ether oxygens (including phenoxy) is 2. The zero-order chi connectivity index (χ0) is 15.8. The number of carbonyl (C=O) groups is 2. The van der Waals surface area contributed by atoms with Crippen LogP contribution >= 0.6 is 0 Å². The Balaban J connectivity index is 2.61. The topological polar surface area (TPSA) is 52.6 Å². The summed E-state index contributed by atoms with van der Waals surface area (Å²) in [6.07, 6.45) is 5.52. The van der Waals surface area contributed by atoms with Crippen LogP contribution in [0.5, 0.6) is 0 Å². The summed E-state index contributed by atoms with van der Waals surface area (Å²) >= 11 is 0. The molecule has 2 aliphatic carbocycles. The van der Waals surface area contributed by atoms with Crippen LogP contribution in [-0.4, -0.2) is 26.2 Å². The van der Waals surface area contributed by atoms with Crippen LogP contribution < -0.4 is 0 Å². The molecule has 0 aliphatic heterocycles. The summed E-state index contributed by atoms with van der Waals surface area (Å²) in [4.78, 5) is 24.4. The van der Waals surface area contributed by atoms with Crippen LogP contribution in [0.1, 0.15) is 46.5 Å². The third kappa shape index (κ3) is 2.41. The van der Waals surface area contributed by atoms with Gasteiger partial charge in [0.25, 0.3) is 0 Å². The van der Waals surface area contributed by atoms with E-state index < -0.39 is 17.4 Å². The lowest BCUT2D eigenvalue weighted by molar-refractivity contribution is -0.140. The maximum Gasteiger partial charge on any atom is 0.335 e. The zero-order valence-electron chi connectivity index (χ0n) is 13.5. The van der Waals surface area contributed by atoms with Gasteiger partial charge in [-0.2, -0.15) is 0 Å². The summed E-state index contributed by atoms with van der Waals surface area (Å²) in [5, 5.41) is 0. The maximum absolute atomic E-state index is 12.4. The van der Waals surface area contributed by atoms with E-state index in [1.54, 1.807) is 0 Å². The zero-order valence-corrected chi connectivity index (χ0v) is 13.5. The molecule has 1 atom stereocenters. The Hall–Kier alpha value is -1.58. The van der Waals surface area contributed by atoms with Gasteiger partial charge < -0.3 is 9.47 Å². The van der Waals surface area contributed by atoms with E-state index in [0.29, 0.717) is 17.6 Å². The molecule has 0 aromatic rings. The van der Waals surface area contributed by atoms with E-state index in [-0.39, 0.29) is 5.41 Å². The fourth-order valence-electron chi connectivity index (χ4n) is 4.06. The summed E-state index contributed by atoms with van der Waals surface area (Å²) < 4.78 is 9.82. The predicted octanol–water partition coefficient (Wildman–Crippen LogP) is 3.18. The largest absolute Gasteiger partial charge is 0.466 e. The number of carbonyl (C=O) groups excluding carboxylic acids is 2. The summed E-state index contributed by atoms with van der Waals surface area (Å²) in [6.45, 7) is 6.46. The lowest BCUT2D eigenvalue weighted by Crippen LogP contribution is -2.41. The van der Waals surface area contributed by atoms with E-state index in [1.165, 1.54) is 19.8 Å². The molecule has 0 spiro atoms. The predicted molar refractivity (Wildman–Crippen MR) is 79.5 cm³/mol. The van der Waals surface area contributed by atoms with Gasteiger partial charge in [-0.15, -0.1) is 0 Å². The van der Waals surface area contributed by atoms with Crippen molar-refractivity contribution in [3.8, 4) is 0 Å². The van der Waals surface area contributed by atoms with Crippen molar-refractivity contribution in [3.05, 3.63) is 22.8 Å². The number of esters is 2. The molecule has 21 heavy (non-hydrogen) atoms. The van der Waals surface area contributed by atoms with Crippen molar-refractivity contribution in [2.45, 2.75) is 46.5 Å². The molecule has 0 heterocycles. The Morgan fingerprint density at radius 3 is 2.24 bits per heavy atom. The molecule has 4 nitrogen and oxygen atoms in total. The van der Waals surface area contributed by atoms with Crippen LogP contribution in [0, 0.1) is 10.8 Å². The fourth-order valence-corrected chi connectivity index (χ4v) is 4.06. The van der Waals surface area contributed by atoms with Crippen LogP contribution in [0.2, 0.25) is 0 Å². The third-order valence-corrected chi connectivity index (χ3v) is 4.99. The highest BCUT2D eigenvalue weighted by Crippen LogP contribution is 2.57. The molecule has 0 bridgehead atoms. The normalized spacial score (nSPS) is 27.6. The molecule has 0 radical (unpaired) electrons. The lowest BCUT2D eigenvalue weighted by Gasteiger charge is -2.48. The molecule has 2 rings (SSSR count). The molecule has 0 aromatic carbocycles. The molecule has 4 heteroatoms. The van der Waals surface area contributed by atoms with Crippen LogP contribution in [-0.2, 0) is 19.1 Å². The minimum Gasteiger partial charge on any atom is -0.466 e. The van der Waals surface area contributed by atoms with E-state index in [1.807, 2.05) is 6.92 Å². The molecule has 0 amide bonds. The van der Waals surface area contributed by atoms with Gasteiger partial charge in [0.2, 0.25) is 0 Å². The van der Waals surface area contributed by atoms with E-state index >= 15 is 0 Å². The van der Waals surface area contributed by atoms with Crippen molar-refractivity contribution < 1.29 is 19.1 Å². The molecule has 0 N–H and O–H groups in total. The van der Waals surface area contributed by atoms with E-state index in [0.717, 1.165) is 19.3 Å². The van der Waals surface area contributed by atoms with Gasteiger partial charge in [0.1, 0.15) is 0 Å². The minimum absolute atomic E-state index is 0.0356. The van der Waals surface area contributed by atoms with Crippen molar-refractivity contribution in [3.63, 3.8) is 0 Å². The highest BCUT2D eigenvalue weighted by atomic mass is 16.5. The highest BCUT2D eigenvalue weighted by Gasteiger charge is 2.49. The number of hydrogen-bond donors (Lipinski definition) is 0. The molecule has 0 aromatic heterocycles. The van der Waals surface area contributed by atoms with Gasteiger partial charge in [-0.05, 0) is 24.7 Å². The monoisotopic (exact) mass is 292 g/mol. The Morgan fingerprint density at radius 1 is 1.05 bits per heavy atom. The van der Waals surface area contributed by atoms with Gasteiger partial charge in [-0.1, -0.05) is 38.8 Å². The molecular formula is C17H24O4. The Bertz CT molecular complexity index is 539. The Labute approximate surface area is 126 Å². The summed E-state index contributed by atoms with van der Waals surface area (Å²) in [6, 6.07) is 0. The van der Waals surface area contributed by atoms with Gasteiger partial charge in [-0.25, -0.2) is 9.59 Å². The van der Waals surface area contributed by atoms with Gasteiger partial charge >= 0.3 is 11.9 Å².